The van der Waals surface area contributed by atoms with Gasteiger partial charge in [-0.25, -0.2) is 28.1 Å². The Morgan fingerprint density at radius 1 is 0.451 bits per heavy atom. The second kappa shape index (κ2) is 19.8. The van der Waals surface area contributed by atoms with E-state index < -0.39 is 50.7 Å². The number of thiol groups is 3. The number of rotatable bonds is 18. The Balaban J connectivity index is 1.43. The standard InChI is InChI=1S/C36H39N3O9S3/c40-31(22-28(49)25-10-4-1-5-11-25)46-19-16-37-34(43)38(17-20-47-32(41)23-29(50)26-12-6-2-7-13-26)36(45)39(35(37)44)18-21-48-33(42)24-30(51)27-14-8-3-9-15-27/h1-15,28-30,49-51H,16-24H2. The van der Waals surface area contributed by atoms with Crippen LogP contribution in [0.4, 0.5) is 0 Å². The van der Waals surface area contributed by atoms with Crippen LogP contribution in [0.3, 0.4) is 0 Å². The summed E-state index contributed by atoms with van der Waals surface area (Å²) in [6.07, 6.45) is -0.175. The largest absolute Gasteiger partial charge is 0.464 e. The third-order valence-electron chi connectivity index (χ3n) is 7.75. The fraction of sp³-hybridized carbons (Fsp3) is 0.333. The number of carbonyl (C=O) groups excluding carboxylic acids is 3. The Bertz CT molecular complexity index is 1680. The predicted octanol–water partition coefficient (Wildman–Crippen LogP) is 3.98. The van der Waals surface area contributed by atoms with E-state index in [9.17, 15) is 28.8 Å². The third kappa shape index (κ3) is 11.8. The molecule has 0 aliphatic rings. The molecule has 0 aliphatic carbocycles. The summed E-state index contributed by atoms with van der Waals surface area (Å²) in [4.78, 5) is 77.7. The number of hydrogen-bond acceptors (Lipinski definition) is 12. The van der Waals surface area contributed by atoms with E-state index in [1.807, 2.05) is 91.0 Å². The highest BCUT2D eigenvalue weighted by atomic mass is 32.1. The summed E-state index contributed by atoms with van der Waals surface area (Å²) in [5, 5.41) is -1.29. The van der Waals surface area contributed by atoms with Gasteiger partial charge in [0.05, 0.1) is 38.9 Å². The molecule has 0 aliphatic heterocycles. The fourth-order valence-electron chi connectivity index (χ4n) is 5.04. The summed E-state index contributed by atoms with van der Waals surface area (Å²) in [6, 6.07) is 27.4. The molecule has 1 aromatic heterocycles. The van der Waals surface area contributed by atoms with Crippen LogP contribution in [0.25, 0.3) is 0 Å². The van der Waals surface area contributed by atoms with Gasteiger partial charge in [0.15, 0.2) is 0 Å². The minimum atomic E-state index is -0.987. The zero-order valence-electron chi connectivity index (χ0n) is 27.6. The molecule has 0 bridgehead atoms. The zero-order valence-corrected chi connectivity index (χ0v) is 30.3. The van der Waals surface area contributed by atoms with Gasteiger partial charge in [-0.2, -0.15) is 37.9 Å². The smallest absolute Gasteiger partial charge is 0.336 e. The maximum absolute atomic E-state index is 13.4. The fourth-order valence-corrected chi connectivity index (χ4v) is 6.00. The summed E-state index contributed by atoms with van der Waals surface area (Å²) in [6.45, 7) is -2.17. The molecule has 4 aromatic rings. The first-order valence-corrected chi connectivity index (χ1v) is 17.7. The monoisotopic (exact) mass is 753 g/mol. The molecule has 0 amide bonds. The molecule has 51 heavy (non-hydrogen) atoms. The molecule has 0 spiro atoms. The Hall–Kier alpha value is -4.47. The number of esters is 3. The summed E-state index contributed by atoms with van der Waals surface area (Å²) in [7, 11) is 0. The minimum absolute atomic E-state index is 0.0582. The Labute approximate surface area is 310 Å². The minimum Gasteiger partial charge on any atom is -0.464 e. The van der Waals surface area contributed by atoms with Gasteiger partial charge < -0.3 is 14.2 Å². The average molecular weight is 754 g/mol. The number of aromatic nitrogens is 3. The van der Waals surface area contributed by atoms with E-state index in [0.717, 1.165) is 30.4 Å². The van der Waals surface area contributed by atoms with Crippen molar-refractivity contribution in [3.05, 3.63) is 139 Å². The molecule has 3 atom stereocenters. The zero-order chi connectivity index (χ0) is 36.8. The van der Waals surface area contributed by atoms with Crippen molar-refractivity contribution < 1.29 is 28.6 Å². The molecule has 0 fully saturated rings. The maximum Gasteiger partial charge on any atom is 0.336 e. The van der Waals surface area contributed by atoms with Crippen molar-refractivity contribution in [2.75, 3.05) is 19.8 Å². The third-order valence-corrected chi connectivity index (χ3v) is 9.19. The van der Waals surface area contributed by atoms with Crippen LogP contribution in [0.5, 0.6) is 0 Å². The van der Waals surface area contributed by atoms with Crippen LogP contribution in [0.2, 0.25) is 0 Å². The van der Waals surface area contributed by atoms with Crippen LogP contribution in [0.1, 0.15) is 51.7 Å². The van der Waals surface area contributed by atoms with E-state index in [4.69, 9.17) is 14.2 Å². The van der Waals surface area contributed by atoms with E-state index in [0.29, 0.717) is 0 Å². The molecule has 0 radical (unpaired) electrons. The van der Waals surface area contributed by atoms with Gasteiger partial charge in [0.25, 0.3) is 0 Å². The SMILES string of the molecule is O=C(CC(S)c1ccccc1)OCCn1c(=O)n(CCOC(=O)CC(S)c2ccccc2)c(=O)n(CCOC(=O)CC(S)c2ccccc2)c1=O. The van der Waals surface area contributed by atoms with Crippen molar-refractivity contribution >= 4 is 55.8 Å². The second-order valence-corrected chi connectivity index (χ2v) is 13.2. The summed E-state index contributed by atoms with van der Waals surface area (Å²) in [5.41, 5.74) is -0.502. The second-order valence-electron chi connectivity index (χ2n) is 11.4. The van der Waals surface area contributed by atoms with Crippen LogP contribution in [0.15, 0.2) is 105 Å². The van der Waals surface area contributed by atoms with Gasteiger partial charge in [-0.3, -0.25) is 14.4 Å². The highest BCUT2D eigenvalue weighted by Gasteiger charge is 2.20. The van der Waals surface area contributed by atoms with Crippen LogP contribution >= 0.6 is 37.9 Å². The van der Waals surface area contributed by atoms with Crippen LogP contribution in [-0.2, 0) is 48.2 Å². The number of nitrogens with zero attached hydrogens (tertiary/aromatic N) is 3. The molecular weight excluding hydrogens is 715 g/mol. The number of benzene rings is 3. The molecule has 1 heterocycles. The number of carbonyl (C=O) groups is 3. The topological polar surface area (TPSA) is 145 Å². The van der Waals surface area contributed by atoms with Gasteiger partial charge in [0.1, 0.15) is 19.8 Å². The lowest BCUT2D eigenvalue weighted by Crippen LogP contribution is -2.55. The molecule has 3 unspecified atom stereocenters. The van der Waals surface area contributed by atoms with Crippen LogP contribution in [-0.4, -0.2) is 51.4 Å². The van der Waals surface area contributed by atoms with Crippen LogP contribution in [0, 0.1) is 0 Å². The van der Waals surface area contributed by atoms with E-state index in [-0.39, 0.29) is 58.7 Å². The lowest BCUT2D eigenvalue weighted by Gasteiger charge is -2.16. The van der Waals surface area contributed by atoms with Gasteiger partial charge in [-0.1, -0.05) is 91.0 Å². The van der Waals surface area contributed by atoms with E-state index in [1.54, 1.807) is 0 Å². The van der Waals surface area contributed by atoms with Crippen molar-refractivity contribution in [2.24, 2.45) is 0 Å². The van der Waals surface area contributed by atoms with Gasteiger partial charge in [-0.15, -0.1) is 0 Å². The molecule has 270 valence electrons. The normalized spacial score (nSPS) is 12.8. The molecule has 3 aromatic carbocycles. The van der Waals surface area contributed by atoms with E-state index >= 15 is 0 Å². The molecule has 12 nitrogen and oxygen atoms in total. The molecule has 4 rings (SSSR count). The Morgan fingerprint density at radius 2 is 0.686 bits per heavy atom. The number of ether oxygens (including phenoxy) is 3. The lowest BCUT2D eigenvalue weighted by molar-refractivity contribution is -0.144. The summed E-state index contributed by atoms with van der Waals surface area (Å²) < 4.78 is 18.1. The maximum atomic E-state index is 13.4. The van der Waals surface area contributed by atoms with Gasteiger partial charge in [-0.05, 0) is 16.7 Å². The average Bonchev–Trinajstić information content (AvgIpc) is 3.13. The predicted molar refractivity (Wildman–Crippen MR) is 200 cm³/mol. The van der Waals surface area contributed by atoms with Crippen molar-refractivity contribution in [1.29, 1.82) is 0 Å². The molecule has 0 N–H and O–H groups in total. The number of hydrogen-bond donors (Lipinski definition) is 3. The van der Waals surface area contributed by atoms with Crippen LogP contribution < -0.4 is 17.1 Å². The summed E-state index contributed by atoms with van der Waals surface area (Å²) >= 11 is 13.4. The van der Waals surface area contributed by atoms with Crippen molar-refractivity contribution in [3.63, 3.8) is 0 Å². The Kier molecular flexibility index (Phi) is 15.3. The lowest BCUT2D eigenvalue weighted by atomic mass is 10.1. The first-order valence-electron chi connectivity index (χ1n) is 16.2. The van der Waals surface area contributed by atoms with Crippen molar-refractivity contribution in [3.8, 4) is 0 Å². The molecule has 0 saturated carbocycles. The first-order chi connectivity index (χ1) is 24.5. The van der Waals surface area contributed by atoms with Crippen molar-refractivity contribution in [2.45, 2.75) is 54.6 Å². The first kappa shape index (κ1) is 39.3. The quantitative estimate of drug-likeness (QED) is 0.0781. The molecule has 0 saturated heterocycles. The molecule has 15 heteroatoms. The van der Waals surface area contributed by atoms with Gasteiger partial charge >= 0.3 is 35.0 Å². The van der Waals surface area contributed by atoms with E-state index in [1.165, 1.54) is 0 Å². The van der Waals surface area contributed by atoms with Crippen molar-refractivity contribution in [1.82, 2.24) is 13.7 Å². The highest BCUT2D eigenvalue weighted by Crippen LogP contribution is 2.25. The molecular formula is C36H39N3O9S3. The van der Waals surface area contributed by atoms with Gasteiger partial charge in [0, 0.05) is 15.7 Å². The highest BCUT2D eigenvalue weighted by molar-refractivity contribution is 7.80. The summed E-state index contributed by atoms with van der Waals surface area (Å²) in [5.74, 6) is -1.80. The van der Waals surface area contributed by atoms with Gasteiger partial charge in [0.2, 0.25) is 0 Å². The van der Waals surface area contributed by atoms with E-state index in [2.05, 4.69) is 37.9 Å². The Morgan fingerprint density at radius 3 is 0.922 bits per heavy atom.